The summed E-state index contributed by atoms with van der Waals surface area (Å²) in [6, 6.07) is 10.1. The standard InChI is InChI=1S/C14H12BrNO5S/c1-21-10-5-6-12(14(17)18)13(8-10)16-22(19,20)11-4-2-3-9(15)7-11/h2-8,16H,1H3,(H,17,18). The van der Waals surface area contributed by atoms with Gasteiger partial charge in [0.2, 0.25) is 0 Å². The monoisotopic (exact) mass is 385 g/mol. The van der Waals surface area contributed by atoms with Gasteiger partial charge in [0.15, 0.2) is 0 Å². The van der Waals surface area contributed by atoms with Crippen LogP contribution in [0.5, 0.6) is 5.75 Å². The summed E-state index contributed by atoms with van der Waals surface area (Å²) in [7, 11) is -2.51. The van der Waals surface area contributed by atoms with Crippen molar-refractivity contribution in [2.75, 3.05) is 11.8 Å². The molecule has 116 valence electrons. The smallest absolute Gasteiger partial charge is 0.337 e. The molecule has 0 saturated heterocycles. The summed E-state index contributed by atoms with van der Waals surface area (Å²) in [6.07, 6.45) is 0. The number of benzene rings is 2. The minimum absolute atomic E-state index is 0.0148. The van der Waals surface area contributed by atoms with Crippen LogP contribution in [0.4, 0.5) is 5.69 Å². The second-order valence-corrected chi connectivity index (χ2v) is 6.88. The van der Waals surface area contributed by atoms with Crippen LogP contribution >= 0.6 is 15.9 Å². The van der Waals surface area contributed by atoms with Gasteiger partial charge in [-0.05, 0) is 30.3 Å². The Kier molecular flexibility index (Phi) is 4.72. The summed E-state index contributed by atoms with van der Waals surface area (Å²) in [5, 5.41) is 9.16. The van der Waals surface area contributed by atoms with Crippen molar-refractivity contribution in [2.45, 2.75) is 4.90 Å². The van der Waals surface area contributed by atoms with Crippen LogP contribution in [0.3, 0.4) is 0 Å². The second-order valence-electron chi connectivity index (χ2n) is 4.28. The number of halogens is 1. The molecule has 0 amide bonds. The Bertz CT molecular complexity index is 820. The number of carboxylic acids is 1. The zero-order valence-electron chi connectivity index (χ0n) is 11.4. The third-order valence-electron chi connectivity index (χ3n) is 2.81. The topological polar surface area (TPSA) is 92.7 Å². The Labute approximate surface area is 135 Å². The molecule has 0 saturated carbocycles. The number of hydrogen-bond donors (Lipinski definition) is 2. The summed E-state index contributed by atoms with van der Waals surface area (Å²) >= 11 is 3.19. The van der Waals surface area contributed by atoms with Crippen LogP contribution in [0.15, 0.2) is 51.8 Å². The number of rotatable bonds is 5. The molecule has 0 atom stereocenters. The van der Waals surface area contributed by atoms with E-state index in [9.17, 15) is 13.2 Å². The Morgan fingerprint density at radius 2 is 1.95 bits per heavy atom. The molecule has 0 spiro atoms. The van der Waals surface area contributed by atoms with Gasteiger partial charge in [-0.25, -0.2) is 13.2 Å². The van der Waals surface area contributed by atoms with Crippen LogP contribution in [0, 0.1) is 0 Å². The van der Waals surface area contributed by atoms with Gasteiger partial charge < -0.3 is 9.84 Å². The molecular formula is C14H12BrNO5S. The molecule has 0 unspecified atom stereocenters. The number of sulfonamides is 1. The van der Waals surface area contributed by atoms with Gasteiger partial charge >= 0.3 is 5.97 Å². The molecule has 0 aliphatic rings. The van der Waals surface area contributed by atoms with Gasteiger partial charge in [0.05, 0.1) is 23.3 Å². The van der Waals surface area contributed by atoms with Gasteiger partial charge in [-0.2, -0.15) is 0 Å². The Morgan fingerprint density at radius 1 is 1.23 bits per heavy atom. The summed E-state index contributed by atoms with van der Waals surface area (Å²) < 4.78 is 32.6. The van der Waals surface area contributed by atoms with Crippen molar-refractivity contribution >= 4 is 37.6 Å². The predicted molar refractivity (Wildman–Crippen MR) is 84.9 cm³/mol. The normalized spacial score (nSPS) is 11.0. The zero-order chi connectivity index (χ0) is 16.3. The van der Waals surface area contributed by atoms with E-state index in [4.69, 9.17) is 9.84 Å². The van der Waals surface area contributed by atoms with Crippen LogP contribution < -0.4 is 9.46 Å². The molecule has 0 radical (unpaired) electrons. The number of anilines is 1. The highest BCUT2D eigenvalue weighted by Crippen LogP contribution is 2.26. The maximum atomic E-state index is 12.4. The quantitative estimate of drug-likeness (QED) is 0.824. The van der Waals surface area contributed by atoms with E-state index in [-0.39, 0.29) is 16.1 Å². The molecule has 0 bridgehead atoms. The molecule has 0 heterocycles. The molecule has 8 heteroatoms. The summed E-state index contributed by atoms with van der Waals surface area (Å²) in [5.74, 6) is -0.897. The Hall–Kier alpha value is -2.06. The Balaban J connectivity index is 2.47. The van der Waals surface area contributed by atoms with E-state index < -0.39 is 16.0 Å². The zero-order valence-corrected chi connectivity index (χ0v) is 13.8. The highest BCUT2D eigenvalue weighted by molar-refractivity contribution is 9.10. The lowest BCUT2D eigenvalue weighted by Crippen LogP contribution is -2.15. The van der Waals surface area contributed by atoms with Crippen molar-refractivity contribution in [1.82, 2.24) is 0 Å². The fourth-order valence-corrected chi connectivity index (χ4v) is 3.43. The van der Waals surface area contributed by atoms with Crippen LogP contribution in [0.1, 0.15) is 10.4 Å². The van der Waals surface area contributed by atoms with Gasteiger partial charge in [-0.1, -0.05) is 22.0 Å². The molecular weight excluding hydrogens is 374 g/mol. The van der Waals surface area contributed by atoms with Gasteiger partial charge in [0.25, 0.3) is 10.0 Å². The summed E-state index contributed by atoms with van der Waals surface area (Å²) in [6.45, 7) is 0. The Morgan fingerprint density at radius 3 is 2.55 bits per heavy atom. The maximum absolute atomic E-state index is 12.4. The molecule has 2 N–H and O–H groups in total. The van der Waals surface area contributed by atoms with Gasteiger partial charge in [0, 0.05) is 10.5 Å². The molecule has 6 nitrogen and oxygen atoms in total. The van der Waals surface area contributed by atoms with E-state index in [1.807, 2.05) is 0 Å². The third-order valence-corrected chi connectivity index (χ3v) is 4.66. The van der Waals surface area contributed by atoms with Gasteiger partial charge in [0.1, 0.15) is 5.75 Å². The van der Waals surface area contributed by atoms with E-state index in [0.29, 0.717) is 10.2 Å². The first-order valence-electron chi connectivity index (χ1n) is 6.03. The van der Waals surface area contributed by atoms with E-state index in [0.717, 1.165) is 0 Å². The first-order valence-corrected chi connectivity index (χ1v) is 8.31. The number of methoxy groups -OCH3 is 1. The predicted octanol–water partition coefficient (Wildman–Crippen LogP) is 2.96. The summed E-state index contributed by atoms with van der Waals surface area (Å²) in [4.78, 5) is 11.2. The highest BCUT2D eigenvalue weighted by atomic mass is 79.9. The number of ether oxygens (including phenoxy) is 1. The first-order chi connectivity index (χ1) is 10.3. The average molecular weight is 386 g/mol. The third kappa shape index (κ3) is 3.58. The van der Waals surface area contributed by atoms with Crippen molar-refractivity contribution in [2.24, 2.45) is 0 Å². The average Bonchev–Trinajstić information content (AvgIpc) is 2.46. The fraction of sp³-hybridized carbons (Fsp3) is 0.0714. The number of hydrogen-bond acceptors (Lipinski definition) is 4. The fourth-order valence-electron chi connectivity index (χ4n) is 1.76. The van der Waals surface area contributed by atoms with Crippen LogP contribution in [-0.4, -0.2) is 26.6 Å². The van der Waals surface area contributed by atoms with Crippen LogP contribution in [-0.2, 0) is 10.0 Å². The molecule has 0 fully saturated rings. The first kappa shape index (κ1) is 16.3. The summed E-state index contributed by atoms with van der Waals surface area (Å²) in [5.41, 5.74) is -0.230. The van der Waals surface area contributed by atoms with Crippen molar-refractivity contribution < 1.29 is 23.1 Å². The van der Waals surface area contributed by atoms with Crippen molar-refractivity contribution in [1.29, 1.82) is 0 Å². The molecule has 22 heavy (non-hydrogen) atoms. The number of carboxylic acid groups (broad SMARTS) is 1. The van der Waals surface area contributed by atoms with E-state index in [1.165, 1.54) is 37.4 Å². The minimum Gasteiger partial charge on any atom is -0.497 e. The van der Waals surface area contributed by atoms with Crippen molar-refractivity contribution in [3.05, 3.63) is 52.5 Å². The van der Waals surface area contributed by atoms with Gasteiger partial charge in [-0.3, -0.25) is 4.72 Å². The maximum Gasteiger partial charge on any atom is 0.337 e. The lowest BCUT2D eigenvalue weighted by Gasteiger charge is -2.12. The molecule has 0 aliphatic heterocycles. The van der Waals surface area contributed by atoms with Crippen molar-refractivity contribution in [3.8, 4) is 5.75 Å². The number of aromatic carboxylic acids is 1. The van der Waals surface area contributed by atoms with Gasteiger partial charge in [-0.15, -0.1) is 0 Å². The highest BCUT2D eigenvalue weighted by Gasteiger charge is 2.19. The second kappa shape index (κ2) is 6.37. The lowest BCUT2D eigenvalue weighted by molar-refractivity contribution is 0.0698. The molecule has 2 aromatic rings. The molecule has 2 rings (SSSR count). The molecule has 2 aromatic carbocycles. The van der Waals surface area contributed by atoms with E-state index in [2.05, 4.69) is 20.7 Å². The minimum atomic E-state index is -3.92. The SMILES string of the molecule is COc1ccc(C(=O)O)c(NS(=O)(=O)c2cccc(Br)c2)c1. The molecule has 0 aliphatic carbocycles. The van der Waals surface area contributed by atoms with Crippen LogP contribution in [0.25, 0.3) is 0 Å². The largest absolute Gasteiger partial charge is 0.497 e. The van der Waals surface area contributed by atoms with Crippen molar-refractivity contribution in [3.63, 3.8) is 0 Å². The lowest BCUT2D eigenvalue weighted by atomic mass is 10.2. The molecule has 0 aromatic heterocycles. The number of nitrogens with one attached hydrogen (secondary N) is 1. The van der Waals surface area contributed by atoms with E-state index in [1.54, 1.807) is 12.1 Å². The van der Waals surface area contributed by atoms with Crippen LogP contribution in [0.2, 0.25) is 0 Å². The van der Waals surface area contributed by atoms with E-state index >= 15 is 0 Å². The number of carbonyl (C=O) groups is 1.